The van der Waals surface area contributed by atoms with Gasteiger partial charge in [-0.3, -0.25) is 9.69 Å². The zero-order chi connectivity index (χ0) is 20.0. The van der Waals surface area contributed by atoms with E-state index in [9.17, 15) is 4.79 Å². The molecule has 0 aliphatic carbocycles. The van der Waals surface area contributed by atoms with E-state index in [0.29, 0.717) is 23.8 Å². The Morgan fingerprint density at radius 3 is 2.28 bits per heavy atom. The van der Waals surface area contributed by atoms with Gasteiger partial charge in [0.2, 0.25) is 0 Å². The summed E-state index contributed by atoms with van der Waals surface area (Å²) in [5.41, 5.74) is 3.37. The van der Waals surface area contributed by atoms with Gasteiger partial charge in [-0.05, 0) is 19.1 Å². The van der Waals surface area contributed by atoms with Crippen LogP contribution in [0.1, 0.15) is 15.4 Å². The molecule has 7 heteroatoms. The van der Waals surface area contributed by atoms with Crippen LogP contribution in [0.25, 0.3) is 21.6 Å². The smallest absolute Gasteiger partial charge is 0.271 e. The fraction of sp³-hybridized carbons (Fsp3) is 0.182. The van der Waals surface area contributed by atoms with E-state index >= 15 is 0 Å². The maximum absolute atomic E-state index is 13.5. The van der Waals surface area contributed by atoms with Crippen molar-refractivity contribution in [1.82, 2.24) is 15.0 Å². The molecule has 6 nitrogen and oxygen atoms in total. The molecule has 2 aromatic carbocycles. The van der Waals surface area contributed by atoms with Gasteiger partial charge in [0.1, 0.15) is 9.88 Å². The predicted molar refractivity (Wildman–Crippen MR) is 117 cm³/mol. The number of anilines is 2. The third kappa shape index (κ3) is 3.03. The van der Waals surface area contributed by atoms with E-state index in [-0.39, 0.29) is 5.91 Å². The predicted octanol–water partition coefficient (Wildman–Crippen LogP) is 4.16. The molecule has 0 saturated carbocycles. The van der Waals surface area contributed by atoms with Crippen molar-refractivity contribution >= 4 is 39.9 Å². The first-order valence-corrected chi connectivity index (χ1v) is 10.3. The zero-order valence-electron chi connectivity index (χ0n) is 16.2. The largest absolute Gasteiger partial charge is 0.355 e. The molecule has 4 aromatic rings. The summed E-state index contributed by atoms with van der Waals surface area (Å²) in [7, 11) is 1.98. The lowest BCUT2D eigenvalue weighted by Crippen LogP contribution is -2.43. The van der Waals surface area contributed by atoms with Gasteiger partial charge in [0.15, 0.2) is 11.6 Å². The van der Waals surface area contributed by atoms with Gasteiger partial charge in [0, 0.05) is 25.7 Å². The van der Waals surface area contributed by atoms with E-state index in [0.717, 1.165) is 33.1 Å². The molecule has 0 fully saturated rings. The van der Waals surface area contributed by atoms with E-state index < -0.39 is 0 Å². The normalized spacial score (nSPS) is 13.6. The SMILES string of the molecule is Cc1nc(-c2ccccc2)sc1C(=O)N1CCN(C)c2nc3ccccc3nc21. The van der Waals surface area contributed by atoms with Crippen molar-refractivity contribution in [2.24, 2.45) is 0 Å². The van der Waals surface area contributed by atoms with E-state index in [4.69, 9.17) is 9.97 Å². The number of thiazole rings is 1. The third-order valence-electron chi connectivity index (χ3n) is 5.07. The summed E-state index contributed by atoms with van der Waals surface area (Å²) in [6, 6.07) is 17.7. The highest BCUT2D eigenvalue weighted by molar-refractivity contribution is 7.17. The van der Waals surface area contributed by atoms with E-state index in [1.165, 1.54) is 11.3 Å². The molecule has 5 rings (SSSR count). The lowest BCUT2D eigenvalue weighted by Gasteiger charge is -2.33. The molecule has 2 aromatic heterocycles. The second kappa shape index (κ2) is 6.93. The van der Waals surface area contributed by atoms with Crippen molar-refractivity contribution in [3.8, 4) is 10.6 Å². The molecular weight excluding hydrogens is 382 g/mol. The van der Waals surface area contributed by atoms with Gasteiger partial charge in [0.05, 0.1) is 16.7 Å². The number of amides is 1. The maximum Gasteiger partial charge on any atom is 0.271 e. The molecule has 1 aliphatic heterocycles. The molecule has 0 radical (unpaired) electrons. The van der Waals surface area contributed by atoms with Crippen LogP contribution in [-0.4, -0.2) is 41.0 Å². The Morgan fingerprint density at radius 2 is 1.55 bits per heavy atom. The Bertz CT molecular complexity index is 1220. The number of hydrogen-bond donors (Lipinski definition) is 0. The minimum absolute atomic E-state index is 0.0684. The van der Waals surface area contributed by atoms with Crippen molar-refractivity contribution in [3.05, 3.63) is 65.2 Å². The van der Waals surface area contributed by atoms with Crippen LogP contribution in [0.15, 0.2) is 54.6 Å². The number of carbonyl (C=O) groups is 1. The van der Waals surface area contributed by atoms with Crippen LogP contribution >= 0.6 is 11.3 Å². The van der Waals surface area contributed by atoms with Crippen molar-refractivity contribution < 1.29 is 4.79 Å². The summed E-state index contributed by atoms with van der Waals surface area (Å²) in [6.07, 6.45) is 0. The summed E-state index contributed by atoms with van der Waals surface area (Å²) in [5, 5.41) is 0.852. The summed E-state index contributed by atoms with van der Waals surface area (Å²) in [6.45, 7) is 3.15. The topological polar surface area (TPSA) is 62.2 Å². The van der Waals surface area contributed by atoms with Crippen LogP contribution in [0, 0.1) is 6.92 Å². The quantitative estimate of drug-likeness (QED) is 0.505. The molecule has 0 spiro atoms. The first-order valence-electron chi connectivity index (χ1n) is 9.44. The number of nitrogens with zero attached hydrogens (tertiary/aromatic N) is 5. The summed E-state index contributed by atoms with van der Waals surface area (Å²) >= 11 is 1.43. The number of aromatic nitrogens is 3. The van der Waals surface area contributed by atoms with E-state index in [1.54, 1.807) is 4.90 Å². The van der Waals surface area contributed by atoms with Crippen molar-refractivity contribution in [2.75, 3.05) is 29.9 Å². The molecule has 1 aliphatic rings. The highest BCUT2D eigenvalue weighted by atomic mass is 32.1. The number of benzene rings is 2. The van der Waals surface area contributed by atoms with Gasteiger partial charge in [0.25, 0.3) is 5.91 Å². The number of carbonyl (C=O) groups excluding carboxylic acids is 1. The molecule has 1 amide bonds. The average Bonchev–Trinajstić information content (AvgIpc) is 3.15. The Kier molecular flexibility index (Phi) is 4.24. The van der Waals surface area contributed by atoms with Crippen molar-refractivity contribution in [1.29, 1.82) is 0 Å². The van der Waals surface area contributed by atoms with Gasteiger partial charge < -0.3 is 4.90 Å². The molecule has 0 atom stereocenters. The van der Waals surface area contributed by atoms with Crippen LogP contribution in [0.2, 0.25) is 0 Å². The first kappa shape index (κ1) is 17.8. The Balaban J connectivity index is 1.57. The van der Waals surface area contributed by atoms with Crippen molar-refractivity contribution in [2.45, 2.75) is 6.92 Å². The van der Waals surface area contributed by atoms with Crippen molar-refractivity contribution in [3.63, 3.8) is 0 Å². The highest BCUT2D eigenvalue weighted by Gasteiger charge is 2.31. The summed E-state index contributed by atoms with van der Waals surface area (Å²) in [4.78, 5) is 32.1. The second-order valence-corrected chi connectivity index (χ2v) is 8.04. The highest BCUT2D eigenvalue weighted by Crippen LogP contribution is 2.34. The maximum atomic E-state index is 13.5. The number of hydrogen-bond acceptors (Lipinski definition) is 6. The number of likely N-dealkylation sites (N-methyl/N-ethyl adjacent to an activating group) is 1. The molecule has 29 heavy (non-hydrogen) atoms. The van der Waals surface area contributed by atoms with Gasteiger partial charge in [-0.1, -0.05) is 42.5 Å². The zero-order valence-corrected chi connectivity index (χ0v) is 17.0. The molecule has 0 bridgehead atoms. The average molecular weight is 401 g/mol. The van der Waals surface area contributed by atoms with E-state index in [1.807, 2.05) is 73.5 Å². The van der Waals surface area contributed by atoms with Gasteiger partial charge in [-0.2, -0.15) is 0 Å². The molecule has 0 saturated heterocycles. The van der Waals surface area contributed by atoms with Crippen LogP contribution in [-0.2, 0) is 0 Å². The number of fused-ring (bicyclic) bond motifs is 2. The standard InChI is InChI=1S/C22H19N5OS/c1-14-18(29-21(23-14)15-8-4-3-5-9-15)22(28)27-13-12-26(2)19-20(27)25-17-11-7-6-10-16(17)24-19/h3-11H,12-13H2,1-2H3. The van der Waals surface area contributed by atoms with Crippen LogP contribution in [0.4, 0.5) is 11.6 Å². The van der Waals surface area contributed by atoms with Crippen LogP contribution in [0.3, 0.4) is 0 Å². The van der Waals surface area contributed by atoms with Crippen LogP contribution < -0.4 is 9.80 Å². The summed E-state index contributed by atoms with van der Waals surface area (Å²) in [5.74, 6) is 1.27. The minimum atomic E-state index is -0.0684. The summed E-state index contributed by atoms with van der Waals surface area (Å²) < 4.78 is 0. The number of para-hydroxylation sites is 2. The lowest BCUT2D eigenvalue weighted by atomic mass is 10.2. The lowest BCUT2D eigenvalue weighted by molar-refractivity contribution is 0.0989. The first-order chi connectivity index (χ1) is 14.1. The fourth-order valence-electron chi connectivity index (χ4n) is 3.50. The van der Waals surface area contributed by atoms with Gasteiger partial charge in [-0.15, -0.1) is 11.3 Å². The third-order valence-corrected chi connectivity index (χ3v) is 6.26. The Labute approximate surface area is 172 Å². The number of rotatable bonds is 2. The minimum Gasteiger partial charge on any atom is -0.355 e. The molecule has 3 heterocycles. The van der Waals surface area contributed by atoms with Gasteiger partial charge >= 0.3 is 0 Å². The molecule has 0 unspecified atom stereocenters. The fourth-order valence-corrected chi connectivity index (χ4v) is 4.52. The monoisotopic (exact) mass is 401 g/mol. The van der Waals surface area contributed by atoms with Gasteiger partial charge in [-0.25, -0.2) is 15.0 Å². The van der Waals surface area contributed by atoms with Crippen LogP contribution in [0.5, 0.6) is 0 Å². The number of aryl methyl sites for hydroxylation is 1. The molecular formula is C22H19N5OS. The molecule has 0 N–H and O–H groups in total. The molecule has 144 valence electrons. The Hall–Kier alpha value is -3.32. The Morgan fingerprint density at radius 1 is 0.897 bits per heavy atom. The second-order valence-electron chi connectivity index (χ2n) is 7.04. The van der Waals surface area contributed by atoms with E-state index in [2.05, 4.69) is 4.98 Å².